The maximum atomic E-state index is 11.8. The molecule has 1 atom stereocenters. The Morgan fingerprint density at radius 2 is 2.00 bits per heavy atom. The molecule has 0 saturated carbocycles. The van der Waals surface area contributed by atoms with E-state index in [-0.39, 0.29) is 12.1 Å². The Labute approximate surface area is 109 Å². The van der Waals surface area contributed by atoms with E-state index >= 15 is 0 Å². The van der Waals surface area contributed by atoms with E-state index in [1.807, 2.05) is 31.2 Å². The first kappa shape index (κ1) is 14.7. The fraction of sp³-hybridized carbons (Fsp3) is 0.533. The third kappa shape index (κ3) is 4.88. The summed E-state index contributed by atoms with van der Waals surface area (Å²) in [6, 6.07) is 7.65. The second-order valence-corrected chi connectivity index (χ2v) is 4.59. The van der Waals surface area contributed by atoms with Gasteiger partial charge in [0.15, 0.2) is 0 Å². The SMILES string of the molecule is CCCc1ccc(C(=O)OC(C)CCCN)cc1. The van der Waals surface area contributed by atoms with Crippen LogP contribution in [0, 0.1) is 0 Å². The first-order chi connectivity index (χ1) is 8.67. The lowest BCUT2D eigenvalue weighted by Crippen LogP contribution is -2.16. The molecular weight excluding hydrogens is 226 g/mol. The fourth-order valence-corrected chi connectivity index (χ4v) is 1.81. The molecule has 0 amide bonds. The van der Waals surface area contributed by atoms with Gasteiger partial charge in [0.05, 0.1) is 11.7 Å². The van der Waals surface area contributed by atoms with Gasteiger partial charge in [-0.05, 0) is 50.4 Å². The second kappa shape index (κ2) is 7.88. The van der Waals surface area contributed by atoms with Crippen molar-refractivity contribution in [3.8, 4) is 0 Å². The van der Waals surface area contributed by atoms with Crippen molar-refractivity contribution in [2.45, 2.75) is 45.6 Å². The van der Waals surface area contributed by atoms with Crippen LogP contribution in [0.4, 0.5) is 0 Å². The van der Waals surface area contributed by atoms with Crippen LogP contribution >= 0.6 is 0 Å². The molecule has 0 saturated heterocycles. The summed E-state index contributed by atoms with van der Waals surface area (Å²) in [5, 5.41) is 0. The molecule has 2 N–H and O–H groups in total. The predicted octanol–water partition coefficient (Wildman–Crippen LogP) is 2.92. The van der Waals surface area contributed by atoms with Crippen LogP contribution in [0.5, 0.6) is 0 Å². The smallest absolute Gasteiger partial charge is 0.338 e. The van der Waals surface area contributed by atoms with Crippen LogP contribution in [-0.2, 0) is 11.2 Å². The van der Waals surface area contributed by atoms with Gasteiger partial charge >= 0.3 is 5.97 Å². The van der Waals surface area contributed by atoms with Gasteiger partial charge in [-0.2, -0.15) is 0 Å². The highest BCUT2D eigenvalue weighted by atomic mass is 16.5. The van der Waals surface area contributed by atoms with Gasteiger partial charge in [-0.15, -0.1) is 0 Å². The van der Waals surface area contributed by atoms with Crippen molar-refractivity contribution in [2.75, 3.05) is 6.54 Å². The summed E-state index contributed by atoms with van der Waals surface area (Å²) in [4.78, 5) is 11.8. The summed E-state index contributed by atoms with van der Waals surface area (Å²) >= 11 is 0. The summed E-state index contributed by atoms with van der Waals surface area (Å²) in [6.45, 7) is 4.67. The molecule has 3 nitrogen and oxygen atoms in total. The van der Waals surface area contributed by atoms with Gasteiger partial charge in [-0.1, -0.05) is 25.5 Å². The van der Waals surface area contributed by atoms with E-state index in [4.69, 9.17) is 10.5 Å². The lowest BCUT2D eigenvalue weighted by Gasteiger charge is -2.12. The maximum absolute atomic E-state index is 11.8. The van der Waals surface area contributed by atoms with Crippen molar-refractivity contribution in [2.24, 2.45) is 5.73 Å². The van der Waals surface area contributed by atoms with E-state index in [1.54, 1.807) is 0 Å². The Balaban J connectivity index is 2.50. The van der Waals surface area contributed by atoms with Gasteiger partial charge in [0.25, 0.3) is 0 Å². The Morgan fingerprint density at radius 3 is 2.56 bits per heavy atom. The molecule has 1 aromatic rings. The molecule has 0 radical (unpaired) electrons. The number of ether oxygens (including phenoxy) is 1. The number of nitrogens with two attached hydrogens (primary N) is 1. The highest BCUT2D eigenvalue weighted by Gasteiger charge is 2.11. The van der Waals surface area contributed by atoms with E-state index in [1.165, 1.54) is 5.56 Å². The third-order valence-electron chi connectivity index (χ3n) is 2.85. The van der Waals surface area contributed by atoms with Crippen LogP contribution in [0.25, 0.3) is 0 Å². The molecular formula is C15H23NO2. The standard InChI is InChI=1S/C15H23NO2/c1-3-5-13-7-9-14(10-8-13)15(17)18-12(2)6-4-11-16/h7-10,12H,3-6,11,16H2,1-2H3. The molecule has 100 valence electrons. The topological polar surface area (TPSA) is 52.3 Å². The van der Waals surface area contributed by atoms with Crippen LogP contribution in [0.3, 0.4) is 0 Å². The molecule has 0 heterocycles. The molecule has 0 aliphatic carbocycles. The Morgan fingerprint density at radius 1 is 1.33 bits per heavy atom. The van der Waals surface area contributed by atoms with Crippen molar-refractivity contribution in [1.82, 2.24) is 0 Å². The monoisotopic (exact) mass is 249 g/mol. The van der Waals surface area contributed by atoms with Crippen molar-refractivity contribution in [3.63, 3.8) is 0 Å². The van der Waals surface area contributed by atoms with E-state index in [2.05, 4.69) is 6.92 Å². The maximum Gasteiger partial charge on any atom is 0.338 e. The number of hydrogen-bond donors (Lipinski definition) is 1. The van der Waals surface area contributed by atoms with E-state index < -0.39 is 0 Å². The summed E-state index contributed by atoms with van der Waals surface area (Å²) < 4.78 is 5.34. The summed E-state index contributed by atoms with van der Waals surface area (Å²) in [5.74, 6) is -0.248. The zero-order chi connectivity index (χ0) is 13.4. The molecule has 0 aliphatic heterocycles. The van der Waals surface area contributed by atoms with Crippen molar-refractivity contribution in [3.05, 3.63) is 35.4 Å². The molecule has 1 unspecified atom stereocenters. The number of benzene rings is 1. The largest absolute Gasteiger partial charge is 0.459 e. The summed E-state index contributed by atoms with van der Waals surface area (Å²) in [7, 11) is 0. The minimum atomic E-state index is -0.248. The van der Waals surface area contributed by atoms with E-state index in [0.29, 0.717) is 12.1 Å². The highest BCUT2D eigenvalue weighted by molar-refractivity contribution is 5.89. The molecule has 0 aromatic heterocycles. The van der Waals surface area contributed by atoms with Crippen molar-refractivity contribution in [1.29, 1.82) is 0 Å². The van der Waals surface area contributed by atoms with Gasteiger partial charge in [0, 0.05) is 0 Å². The number of aryl methyl sites for hydroxylation is 1. The molecule has 1 aromatic carbocycles. The van der Waals surface area contributed by atoms with Crippen LogP contribution in [0.1, 0.15) is 49.0 Å². The highest BCUT2D eigenvalue weighted by Crippen LogP contribution is 2.10. The number of carbonyl (C=O) groups is 1. The minimum Gasteiger partial charge on any atom is -0.459 e. The fourth-order valence-electron chi connectivity index (χ4n) is 1.81. The number of rotatable bonds is 7. The zero-order valence-electron chi connectivity index (χ0n) is 11.3. The van der Waals surface area contributed by atoms with Crippen molar-refractivity contribution < 1.29 is 9.53 Å². The zero-order valence-corrected chi connectivity index (χ0v) is 11.3. The van der Waals surface area contributed by atoms with Gasteiger partial charge in [-0.3, -0.25) is 0 Å². The quantitative estimate of drug-likeness (QED) is 0.756. The molecule has 18 heavy (non-hydrogen) atoms. The van der Waals surface area contributed by atoms with Gasteiger partial charge < -0.3 is 10.5 Å². The first-order valence-electron chi connectivity index (χ1n) is 6.67. The Bertz CT molecular complexity index is 359. The van der Waals surface area contributed by atoms with Crippen LogP contribution in [0.2, 0.25) is 0 Å². The van der Waals surface area contributed by atoms with Gasteiger partial charge in [0.2, 0.25) is 0 Å². The normalized spacial score (nSPS) is 12.2. The lowest BCUT2D eigenvalue weighted by atomic mass is 10.1. The van der Waals surface area contributed by atoms with Crippen molar-refractivity contribution >= 4 is 5.97 Å². The number of carbonyl (C=O) groups excluding carboxylic acids is 1. The predicted molar refractivity (Wildman–Crippen MR) is 73.6 cm³/mol. The first-order valence-corrected chi connectivity index (χ1v) is 6.67. The van der Waals surface area contributed by atoms with Gasteiger partial charge in [0.1, 0.15) is 0 Å². The summed E-state index contributed by atoms with van der Waals surface area (Å²) in [6.07, 6.45) is 3.78. The van der Waals surface area contributed by atoms with Crippen LogP contribution < -0.4 is 5.73 Å². The summed E-state index contributed by atoms with van der Waals surface area (Å²) in [5.41, 5.74) is 7.30. The third-order valence-corrected chi connectivity index (χ3v) is 2.85. The number of esters is 1. The molecule has 1 rings (SSSR count). The molecule has 0 bridgehead atoms. The minimum absolute atomic E-state index is 0.0728. The Kier molecular flexibility index (Phi) is 6.44. The Hall–Kier alpha value is -1.35. The van der Waals surface area contributed by atoms with Crippen LogP contribution in [-0.4, -0.2) is 18.6 Å². The lowest BCUT2D eigenvalue weighted by molar-refractivity contribution is 0.0322. The van der Waals surface area contributed by atoms with Gasteiger partial charge in [-0.25, -0.2) is 4.79 Å². The molecule has 0 aliphatic rings. The van der Waals surface area contributed by atoms with E-state index in [0.717, 1.165) is 25.7 Å². The average Bonchev–Trinajstić information content (AvgIpc) is 2.37. The average molecular weight is 249 g/mol. The van der Waals surface area contributed by atoms with Crippen LogP contribution in [0.15, 0.2) is 24.3 Å². The van der Waals surface area contributed by atoms with E-state index in [9.17, 15) is 4.79 Å². The molecule has 3 heteroatoms. The number of hydrogen-bond acceptors (Lipinski definition) is 3. The second-order valence-electron chi connectivity index (χ2n) is 4.59. The molecule has 0 fully saturated rings. The molecule has 0 spiro atoms.